The van der Waals surface area contributed by atoms with Crippen molar-refractivity contribution in [3.63, 3.8) is 0 Å². The number of morpholine rings is 1. The van der Waals surface area contributed by atoms with E-state index in [0.29, 0.717) is 13.2 Å². The van der Waals surface area contributed by atoms with Crippen molar-refractivity contribution in [1.82, 2.24) is 14.7 Å². The van der Waals surface area contributed by atoms with Gasteiger partial charge in [0.15, 0.2) is 0 Å². The van der Waals surface area contributed by atoms with Crippen molar-refractivity contribution in [2.24, 2.45) is 0 Å². The summed E-state index contributed by atoms with van der Waals surface area (Å²) in [4.78, 5) is 2.27. The third-order valence-corrected chi connectivity index (χ3v) is 4.01. The van der Waals surface area contributed by atoms with E-state index in [1.807, 2.05) is 24.0 Å². The summed E-state index contributed by atoms with van der Waals surface area (Å²) in [6.07, 6.45) is 3.94. The summed E-state index contributed by atoms with van der Waals surface area (Å²) < 4.78 is 26.6. The van der Waals surface area contributed by atoms with Gasteiger partial charge in [0.2, 0.25) is 0 Å². The molecule has 5 nitrogen and oxygen atoms in total. The van der Waals surface area contributed by atoms with Crippen molar-refractivity contribution in [3.05, 3.63) is 47.5 Å². The first-order chi connectivity index (χ1) is 11.1. The van der Waals surface area contributed by atoms with E-state index in [1.165, 1.54) is 6.07 Å². The second kappa shape index (κ2) is 7.10. The van der Waals surface area contributed by atoms with Crippen LogP contribution in [0.3, 0.4) is 0 Å². The van der Waals surface area contributed by atoms with Crippen molar-refractivity contribution in [3.8, 4) is 5.75 Å². The van der Waals surface area contributed by atoms with Gasteiger partial charge >= 0.3 is 0 Å². The molecule has 0 unspecified atom stereocenters. The van der Waals surface area contributed by atoms with E-state index >= 15 is 0 Å². The van der Waals surface area contributed by atoms with Gasteiger partial charge in [0.25, 0.3) is 0 Å². The highest BCUT2D eigenvalue weighted by molar-refractivity contribution is 5.33. The fourth-order valence-corrected chi connectivity index (χ4v) is 2.92. The quantitative estimate of drug-likeness (QED) is 0.847. The molecule has 0 aliphatic carbocycles. The molecule has 23 heavy (non-hydrogen) atoms. The molecule has 0 radical (unpaired) electrons. The molecule has 2 aromatic rings. The van der Waals surface area contributed by atoms with Crippen molar-refractivity contribution < 1.29 is 13.9 Å². The Labute approximate surface area is 135 Å². The normalized spacial score (nSPS) is 19.0. The zero-order valence-electron chi connectivity index (χ0n) is 13.5. The van der Waals surface area contributed by atoms with E-state index in [4.69, 9.17) is 9.47 Å². The maximum atomic E-state index is 13.5. The van der Waals surface area contributed by atoms with Gasteiger partial charge in [-0.25, -0.2) is 4.39 Å². The van der Waals surface area contributed by atoms with Crippen LogP contribution in [0.4, 0.5) is 4.39 Å². The Morgan fingerprint density at radius 3 is 3.04 bits per heavy atom. The molecule has 1 aliphatic rings. The smallest absolute Gasteiger partial charge is 0.123 e. The summed E-state index contributed by atoms with van der Waals surface area (Å²) >= 11 is 0. The fraction of sp³-hybridized carbons (Fsp3) is 0.471. The van der Waals surface area contributed by atoms with Gasteiger partial charge in [-0.05, 0) is 30.7 Å². The number of benzene rings is 1. The maximum absolute atomic E-state index is 13.5. The third kappa shape index (κ3) is 4.09. The van der Waals surface area contributed by atoms with E-state index in [-0.39, 0.29) is 11.9 Å². The molecule has 2 heterocycles. The topological polar surface area (TPSA) is 39.5 Å². The predicted octanol–water partition coefficient (Wildman–Crippen LogP) is 2.24. The number of rotatable bonds is 5. The molecule has 1 aromatic carbocycles. The van der Waals surface area contributed by atoms with E-state index in [0.717, 1.165) is 36.5 Å². The highest BCUT2D eigenvalue weighted by atomic mass is 19.1. The molecule has 1 aromatic heterocycles. The van der Waals surface area contributed by atoms with Crippen LogP contribution in [-0.4, -0.2) is 47.6 Å². The van der Waals surface area contributed by atoms with Gasteiger partial charge in [0, 0.05) is 31.4 Å². The van der Waals surface area contributed by atoms with Crippen LogP contribution in [0.25, 0.3) is 0 Å². The molecular formula is C17H22FN3O2. The van der Waals surface area contributed by atoms with E-state index < -0.39 is 0 Å². The molecule has 0 amide bonds. The first-order valence-corrected chi connectivity index (χ1v) is 7.79. The number of hydrogen-bond donors (Lipinski definition) is 0. The molecule has 1 saturated heterocycles. The van der Waals surface area contributed by atoms with E-state index in [9.17, 15) is 4.39 Å². The molecule has 6 heteroatoms. The highest BCUT2D eigenvalue weighted by Gasteiger charge is 2.22. The zero-order chi connectivity index (χ0) is 16.2. The van der Waals surface area contributed by atoms with Crippen LogP contribution in [0.1, 0.15) is 11.1 Å². The van der Waals surface area contributed by atoms with Gasteiger partial charge in [-0.3, -0.25) is 9.58 Å². The average molecular weight is 319 g/mol. The summed E-state index contributed by atoms with van der Waals surface area (Å²) in [5.41, 5.74) is 2.00. The Kier molecular flexibility index (Phi) is 4.93. The van der Waals surface area contributed by atoms with Gasteiger partial charge in [0.05, 0.1) is 32.6 Å². The molecule has 0 bridgehead atoms. The van der Waals surface area contributed by atoms with E-state index in [2.05, 4.69) is 10.00 Å². The van der Waals surface area contributed by atoms with Gasteiger partial charge in [-0.15, -0.1) is 0 Å². The Morgan fingerprint density at radius 1 is 1.43 bits per heavy atom. The number of methoxy groups -OCH3 is 1. The molecule has 1 atom stereocenters. The Hall–Kier alpha value is -1.92. The average Bonchev–Trinajstić information content (AvgIpc) is 2.93. The van der Waals surface area contributed by atoms with Crippen LogP contribution in [0.15, 0.2) is 30.6 Å². The first-order valence-electron chi connectivity index (χ1n) is 7.79. The van der Waals surface area contributed by atoms with Gasteiger partial charge in [0.1, 0.15) is 11.6 Å². The van der Waals surface area contributed by atoms with Crippen LogP contribution < -0.4 is 4.74 Å². The van der Waals surface area contributed by atoms with Crippen LogP contribution in [-0.2, 0) is 17.8 Å². The number of halogens is 1. The lowest BCUT2D eigenvalue weighted by atomic mass is 10.1. The number of nitrogens with zero attached hydrogens (tertiary/aromatic N) is 3. The number of ether oxygens (including phenoxy) is 2. The van der Waals surface area contributed by atoms with Gasteiger partial charge in [-0.2, -0.15) is 5.10 Å². The third-order valence-electron chi connectivity index (χ3n) is 4.01. The molecule has 0 N–H and O–H groups in total. The molecule has 0 saturated carbocycles. The Morgan fingerprint density at radius 2 is 2.30 bits per heavy atom. The minimum absolute atomic E-state index is 0.0857. The molecule has 0 spiro atoms. The minimum Gasteiger partial charge on any atom is -0.496 e. The van der Waals surface area contributed by atoms with Crippen LogP contribution >= 0.6 is 0 Å². The molecule has 1 aliphatic heterocycles. The lowest BCUT2D eigenvalue weighted by Crippen LogP contribution is -2.43. The number of aryl methyl sites for hydroxylation is 1. The Balaban J connectivity index is 1.63. The van der Waals surface area contributed by atoms with E-state index in [1.54, 1.807) is 19.2 Å². The number of hydrogen-bond acceptors (Lipinski definition) is 4. The predicted molar refractivity (Wildman–Crippen MR) is 84.9 cm³/mol. The standard InChI is InChI=1S/C17H22FN3O2/c1-13-8-19-21(9-13)12-16-11-20(5-6-23-16)10-14-7-15(18)3-4-17(14)22-2/h3-4,7-9,16H,5-6,10-12H2,1-2H3/t16-/m0/s1. The van der Waals surface area contributed by atoms with Crippen LogP contribution in [0.5, 0.6) is 5.75 Å². The monoisotopic (exact) mass is 319 g/mol. The lowest BCUT2D eigenvalue weighted by molar-refractivity contribution is -0.0404. The van der Waals surface area contributed by atoms with Crippen LogP contribution in [0.2, 0.25) is 0 Å². The SMILES string of the molecule is COc1ccc(F)cc1CN1CCO[C@H](Cn2cc(C)cn2)C1. The number of aromatic nitrogens is 2. The summed E-state index contributed by atoms with van der Waals surface area (Å²) in [6.45, 7) is 5.69. The molecule has 3 rings (SSSR count). The van der Waals surface area contributed by atoms with Crippen molar-refractivity contribution in [1.29, 1.82) is 0 Å². The zero-order valence-corrected chi connectivity index (χ0v) is 13.5. The van der Waals surface area contributed by atoms with Crippen molar-refractivity contribution in [2.45, 2.75) is 26.1 Å². The Bertz CT molecular complexity index is 659. The molecule has 124 valence electrons. The van der Waals surface area contributed by atoms with Crippen molar-refractivity contribution in [2.75, 3.05) is 26.8 Å². The second-order valence-corrected chi connectivity index (χ2v) is 5.92. The summed E-state index contributed by atoms with van der Waals surface area (Å²) in [6, 6.07) is 4.64. The van der Waals surface area contributed by atoms with Crippen LogP contribution in [0, 0.1) is 12.7 Å². The van der Waals surface area contributed by atoms with Gasteiger partial charge in [-0.1, -0.05) is 0 Å². The van der Waals surface area contributed by atoms with Crippen molar-refractivity contribution >= 4 is 0 Å². The summed E-state index contributed by atoms with van der Waals surface area (Å²) in [7, 11) is 1.61. The maximum Gasteiger partial charge on any atom is 0.123 e. The minimum atomic E-state index is -0.238. The van der Waals surface area contributed by atoms with Gasteiger partial charge < -0.3 is 9.47 Å². The summed E-state index contributed by atoms with van der Waals surface area (Å²) in [5.74, 6) is 0.481. The fourth-order valence-electron chi connectivity index (χ4n) is 2.92. The highest BCUT2D eigenvalue weighted by Crippen LogP contribution is 2.22. The summed E-state index contributed by atoms with van der Waals surface area (Å²) in [5, 5.41) is 4.31. The first kappa shape index (κ1) is 16.0. The second-order valence-electron chi connectivity index (χ2n) is 5.92. The molecular weight excluding hydrogens is 297 g/mol. The largest absolute Gasteiger partial charge is 0.496 e. The lowest BCUT2D eigenvalue weighted by Gasteiger charge is -2.33. The molecule has 1 fully saturated rings.